The van der Waals surface area contributed by atoms with E-state index in [1.807, 2.05) is 6.07 Å². The molecular weight excluding hydrogens is 445 g/mol. The maximum atomic E-state index is 12.7. The number of aromatic nitrogens is 1. The Balaban J connectivity index is 1.48. The van der Waals surface area contributed by atoms with E-state index in [0.29, 0.717) is 16.3 Å². The van der Waals surface area contributed by atoms with Gasteiger partial charge >= 0.3 is 6.18 Å². The van der Waals surface area contributed by atoms with Crippen LogP contribution in [0.15, 0.2) is 53.9 Å². The third-order valence-corrected chi connectivity index (χ3v) is 5.00. The number of benzene rings is 2. The highest BCUT2D eigenvalue weighted by Crippen LogP contribution is 2.31. The average molecular weight is 460 g/mol. The smallest absolute Gasteiger partial charge is 0.416 e. The molecule has 0 atom stereocenters. The number of alkyl halides is 3. The Morgan fingerprint density at radius 1 is 1.06 bits per heavy atom. The summed E-state index contributed by atoms with van der Waals surface area (Å²) in [4.78, 5) is 28.1. The van der Waals surface area contributed by atoms with Gasteiger partial charge in [-0.2, -0.15) is 18.4 Å². The van der Waals surface area contributed by atoms with Crippen LogP contribution in [0.2, 0.25) is 0 Å². The minimum Gasteiger partial charge on any atom is -0.482 e. The molecule has 0 saturated carbocycles. The van der Waals surface area contributed by atoms with Gasteiger partial charge in [0.2, 0.25) is 5.91 Å². The molecule has 32 heavy (non-hydrogen) atoms. The minimum atomic E-state index is -4.42. The van der Waals surface area contributed by atoms with Crippen molar-refractivity contribution in [1.29, 1.82) is 5.26 Å². The number of thiazole rings is 1. The van der Waals surface area contributed by atoms with Crippen molar-refractivity contribution in [2.24, 2.45) is 0 Å². The molecule has 2 amide bonds. The van der Waals surface area contributed by atoms with Crippen molar-refractivity contribution >= 4 is 23.2 Å². The number of nitrogens with zero attached hydrogens (tertiary/aromatic N) is 2. The van der Waals surface area contributed by atoms with Crippen molar-refractivity contribution in [2.45, 2.75) is 12.6 Å². The lowest BCUT2D eigenvalue weighted by Crippen LogP contribution is -2.44. The third-order valence-electron chi connectivity index (χ3n) is 4.06. The second-order valence-corrected chi connectivity index (χ2v) is 7.25. The van der Waals surface area contributed by atoms with Crippen LogP contribution < -0.4 is 15.6 Å². The van der Waals surface area contributed by atoms with Gasteiger partial charge in [-0.3, -0.25) is 20.4 Å². The molecule has 1 aromatic heterocycles. The Bertz CT molecular complexity index is 1150. The van der Waals surface area contributed by atoms with Crippen molar-refractivity contribution < 1.29 is 27.5 Å². The summed E-state index contributed by atoms with van der Waals surface area (Å²) in [6.07, 6.45) is -4.56. The van der Waals surface area contributed by atoms with Crippen LogP contribution in [0.5, 0.6) is 5.75 Å². The van der Waals surface area contributed by atoms with Gasteiger partial charge in [0, 0.05) is 10.9 Å². The second-order valence-electron chi connectivity index (χ2n) is 6.39. The molecule has 0 radical (unpaired) electrons. The van der Waals surface area contributed by atoms with E-state index < -0.39 is 30.2 Å². The third kappa shape index (κ3) is 6.05. The fourth-order valence-electron chi connectivity index (χ4n) is 2.53. The van der Waals surface area contributed by atoms with E-state index in [9.17, 15) is 22.8 Å². The first-order valence-corrected chi connectivity index (χ1v) is 9.96. The lowest BCUT2D eigenvalue weighted by molar-refractivity contribution is -0.137. The molecule has 0 bridgehead atoms. The normalized spacial score (nSPS) is 10.8. The van der Waals surface area contributed by atoms with E-state index in [0.717, 1.165) is 12.1 Å². The van der Waals surface area contributed by atoms with Gasteiger partial charge in [0.15, 0.2) is 6.61 Å². The van der Waals surface area contributed by atoms with E-state index in [1.54, 1.807) is 29.6 Å². The van der Waals surface area contributed by atoms with E-state index in [4.69, 9.17) is 10.00 Å². The molecule has 164 valence electrons. The lowest BCUT2D eigenvalue weighted by Gasteiger charge is -2.09. The van der Waals surface area contributed by atoms with E-state index in [2.05, 4.69) is 15.8 Å². The summed E-state index contributed by atoms with van der Waals surface area (Å²) >= 11 is 1.19. The molecule has 0 unspecified atom stereocenters. The number of halogens is 3. The fraction of sp³-hybridized carbons (Fsp3) is 0.143. The van der Waals surface area contributed by atoms with Crippen molar-refractivity contribution in [3.05, 3.63) is 70.7 Å². The summed E-state index contributed by atoms with van der Waals surface area (Å²) in [5.41, 5.74) is 4.83. The summed E-state index contributed by atoms with van der Waals surface area (Å²) in [7, 11) is 0. The monoisotopic (exact) mass is 460 g/mol. The van der Waals surface area contributed by atoms with Crippen LogP contribution in [0.1, 0.15) is 16.8 Å². The molecule has 0 spiro atoms. The van der Waals surface area contributed by atoms with Crippen molar-refractivity contribution in [3.8, 4) is 22.4 Å². The van der Waals surface area contributed by atoms with E-state index in [1.165, 1.54) is 23.5 Å². The first-order chi connectivity index (χ1) is 15.3. The highest BCUT2D eigenvalue weighted by atomic mass is 32.1. The molecule has 0 saturated heterocycles. The SMILES string of the molecule is N#Cc1ccccc1OCC(=O)NNC(=O)Cc1csc(-c2ccc(C(F)(F)F)cc2)n1. The standard InChI is InChI=1S/C21H15F3N4O3S/c22-21(23,24)15-7-5-13(6-8-15)20-26-16(12-32-20)9-18(29)27-28-19(30)11-31-17-4-2-1-3-14(17)10-25/h1-8,12H,9,11H2,(H,27,29)(H,28,30). The molecule has 3 rings (SSSR count). The number of amides is 2. The Labute approximate surface area is 184 Å². The van der Waals surface area contributed by atoms with Gasteiger partial charge in [0.25, 0.3) is 5.91 Å². The zero-order valence-electron chi connectivity index (χ0n) is 16.3. The Morgan fingerprint density at radius 2 is 1.75 bits per heavy atom. The number of nitriles is 1. The molecular formula is C21H15F3N4O3S. The first kappa shape index (κ1) is 22.8. The number of hydrazine groups is 1. The van der Waals surface area contributed by atoms with Gasteiger partial charge in [-0.15, -0.1) is 11.3 Å². The lowest BCUT2D eigenvalue weighted by atomic mass is 10.1. The van der Waals surface area contributed by atoms with Gasteiger partial charge in [0.1, 0.15) is 16.8 Å². The number of rotatable bonds is 6. The van der Waals surface area contributed by atoms with Crippen LogP contribution in [0.25, 0.3) is 10.6 Å². The highest BCUT2D eigenvalue weighted by molar-refractivity contribution is 7.13. The number of ether oxygens (including phenoxy) is 1. The number of carbonyl (C=O) groups excluding carboxylic acids is 2. The largest absolute Gasteiger partial charge is 0.482 e. The Kier molecular flexibility index (Phi) is 7.07. The summed E-state index contributed by atoms with van der Waals surface area (Å²) in [6, 6.07) is 12.9. The number of carbonyl (C=O) groups is 2. The predicted molar refractivity (Wildman–Crippen MR) is 109 cm³/mol. The number of para-hydroxylation sites is 1. The van der Waals surface area contributed by atoms with Crippen LogP contribution in [0.3, 0.4) is 0 Å². The molecule has 7 nitrogen and oxygen atoms in total. The van der Waals surface area contributed by atoms with Crippen LogP contribution in [-0.4, -0.2) is 23.4 Å². The summed E-state index contributed by atoms with van der Waals surface area (Å²) in [5.74, 6) is -0.926. The number of hydrogen-bond donors (Lipinski definition) is 2. The Morgan fingerprint density at radius 3 is 2.44 bits per heavy atom. The van der Waals surface area contributed by atoms with E-state index in [-0.39, 0.29) is 17.7 Å². The second kappa shape index (κ2) is 9.93. The summed E-state index contributed by atoms with van der Waals surface area (Å²) < 4.78 is 43.2. The van der Waals surface area contributed by atoms with Gasteiger partial charge in [-0.05, 0) is 24.3 Å². The van der Waals surface area contributed by atoms with Crippen molar-refractivity contribution in [1.82, 2.24) is 15.8 Å². The van der Waals surface area contributed by atoms with Crippen LogP contribution in [0, 0.1) is 11.3 Å². The fourth-order valence-corrected chi connectivity index (χ4v) is 3.36. The molecule has 2 N–H and O–H groups in total. The molecule has 11 heteroatoms. The molecule has 0 fully saturated rings. The molecule has 0 aliphatic rings. The average Bonchev–Trinajstić information content (AvgIpc) is 3.24. The topological polar surface area (TPSA) is 104 Å². The zero-order valence-corrected chi connectivity index (χ0v) is 17.1. The van der Waals surface area contributed by atoms with Gasteiger partial charge in [-0.1, -0.05) is 24.3 Å². The number of hydrogen-bond acceptors (Lipinski definition) is 6. The van der Waals surface area contributed by atoms with Crippen molar-refractivity contribution in [2.75, 3.05) is 6.61 Å². The highest BCUT2D eigenvalue weighted by Gasteiger charge is 2.30. The van der Waals surface area contributed by atoms with Crippen LogP contribution >= 0.6 is 11.3 Å². The number of nitrogens with one attached hydrogen (secondary N) is 2. The van der Waals surface area contributed by atoms with Gasteiger partial charge in [0.05, 0.1) is 23.2 Å². The Hall–Kier alpha value is -3.91. The van der Waals surface area contributed by atoms with Crippen LogP contribution in [0.4, 0.5) is 13.2 Å². The zero-order chi connectivity index (χ0) is 23.1. The molecule has 1 heterocycles. The first-order valence-electron chi connectivity index (χ1n) is 9.08. The minimum absolute atomic E-state index is 0.143. The predicted octanol–water partition coefficient (Wildman–Crippen LogP) is 3.47. The maximum absolute atomic E-state index is 12.7. The molecule has 0 aliphatic carbocycles. The van der Waals surface area contributed by atoms with Gasteiger partial charge in [-0.25, -0.2) is 4.98 Å². The van der Waals surface area contributed by atoms with Crippen LogP contribution in [-0.2, 0) is 22.2 Å². The molecule has 3 aromatic rings. The summed E-state index contributed by atoms with van der Waals surface area (Å²) in [5, 5.41) is 11.1. The van der Waals surface area contributed by atoms with Gasteiger partial charge < -0.3 is 4.74 Å². The molecule has 2 aromatic carbocycles. The summed E-state index contributed by atoms with van der Waals surface area (Å²) in [6.45, 7) is -0.409. The quantitative estimate of drug-likeness (QED) is 0.549. The molecule has 0 aliphatic heterocycles. The van der Waals surface area contributed by atoms with E-state index >= 15 is 0 Å². The van der Waals surface area contributed by atoms with Crippen molar-refractivity contribution in [3.63, 3.8) is 0 Å². The maximum Gasteiger partial charge on any atom is 0.416 e.